The van der Waals surface area contributed by atoms with Crippen molar-refractivity contribution < 1.29 is 13.2 Å². The number of nitrogens with zero attached hydrogens (tertiary/aromatic N) is 3. The van der Waals surface area contributed by atoms with Crippen molar-refractivity contribution in [3.63, 3.8) is 0 Å². The zero-order valence-corrected chi connectivity index (χ0v) is 10.8. The third-order valence-corrected chi connectivity index (χ3v) is 3.31. The van der Waals surface area contributed by atoms with Crippen LogP contribution in [0.25, 0.3) is 0 Å². The number of hydrogen-bond acceptors (Lipinski definition) is 5. The van der Waals surface area contributed by atoms with E-state index in [0.29, 0.717) is 6.54 Å². The molecule has 8 heteroatoms. The summed E-state index contributed by atoms with van der Waals surface area (Å²) in [6.07, 6.45) is -2.69. The zero-order valence-electron chi connectivity index (χ0n) is 10.8. The van der Waals surface area contributed by atoms with Gasteiger partial charge in [0.15, 0.2) is 5.69 Å². The minimum atomic E-state index is -4.52. The Hall–Kier alpha value is -1.57. The largest absolute Gasteiger partial charge is 0.433 e. The van der Waals surface area contributed by atoms with Crippen LogP contribution in [0.3, 0.4) is 0 Å². The van der Waals surface area contributed by atoms with E-state index < -0.39 is 11.9 Å². The number of hydrogen-bond donors (Lipinski definition) is 2. The molecule has 2 rings (SSSR count). The highest BCUT2D eigenvalue weighted by Crippen LogP contribution is 2.36. The quantitative estimate of drug-likeness (QED) is 0.639. The first-order chi connectivity index (χ1) is 8.74. The van der Waals surface area contributed by atoms with Gasteiger partial charge >= 0.3 is 6.18 Å². The van der Waals surface area contributed by atoms with Crippen LogP contribution < -0.4 is 16.2 Å². The summed E-state index contributed by atoms with van der Waals surface area (Å²) in [7, 11) is 0. The molecule has 0 amide bonds. The van der Waals surface area contributed by atoms with E-state index in [2.05, 4.69) is 15.4 Å². The SMILES string of the molecule is CC1(C)CCCN1c1cc(C(F)(F)F)nc(NN)n1. The van der Waals surface area contributed by atoms with Crippen LogP contribution in [0.5, 0.6) is 0 Å². The van der Waals surface area contributed by atoms with Crippen molar-refractivity contribution in [2.24, 2.45) is 5.84 Å². The molecule has 1 aliphatic rings. The first kappa shape index (κ1) is 13.9. The monoisotopic (exact) mass is 275 g/mol. The van der Waals surface area contributed by atoms with E-state index in [0.717, 1.165) is 18.9 Å². The average molecular weight is 275 g/mol. The predicted molar refractivity (Wildman–Crippen MR) is 65.5 cm³/mol. The van der Waals surface area contributed by atoms with Crippen LogP contribution in [0, 0.1) is 0 Å². The maximum absolute atomic E-state index is 12.8. The van der Waals surface area contributed by atoms with Gasteiger partial charge in [0.1, 0.15) is 5.82 Å². The van der Waals surface area contributed by atoms with E-state index in [1.54, 1.807) is 0 Å². The second-order valence-electron chi connectivity index (χ2n) is 5.14. The van der Waals surface area contributed by atoms with Gasteiger partial charge < -0.3 is 4.90 Å². The van der Waals surface area contributed by atoms with Gasteiger partial charge in [-0.1, -0.05) is 0 Å². The van der Waals surface area contributed by atoms with Gasteiger partial charge in [0.25, 0.3) is 0 Å². The summed E-state index contributed by atoms with van der Waals surface area (Å²) in [5.74, 6) is 5.16. The lowest BCUT2D eigenvalue weighted by atomic mass is 10.0. The molecule has 0 saturated carbocycles. The average Bonchev–Trinajstić information content (AvgIpc) is 2.67. The molecular weight excluding hydrogens is 259 g/mol. The van der Waals surface area contributed by atoms with Crippen LogP contribution in [0.4, 0.5) is 24.9 Å². The highest BCUT2D eigenvalue weighted by atomic mass is 19.4. The van der Waals surface area contributed by atoms with Crippen LogP contribution in [0.1, 0.15) is 32.4 Å². The fourth-order valence-corrected chi connectivity index (χ4v) is 2.31. The van der Waals surface area contributed by atoms with E-state index in [1.165, 1.54) is 0 Å². The van der Waals surface area contributed by atoms with Crippen molar-refractivity contribution in [3.05, 3.63) is 11.8 Å². The lowest BCUT2D eigenvalue weighted by Gasteiger charge is -2.33. The standard InChI is InChI=1S/C11H16F3N5/c1-10(2)4-3-5-19(10)8-6-7(11(12,13)14)16-9(17-8)18-15/h6H,3-5,15H2,1-2H3,(H,16,17,18). The number of rotatable bonds is 2. The number of nitrogens with one attached hydrogen (secondary N) is 1. The molecule has 1 aromatic heterocycles. The van der Waals surface area contributed by atoms with Crippen molar-refractivity contribution in [1.29, 1.82) is 0 Å². The Morgan fingerprint density at radius 3 is 2.53 bits per heavy atom. The number of hydrazine groups is 1. The van der Waals surface area contributed by atoms with Crippen molar-refractivity contribution in [1.82, 2.24) is 9.97 Å². The Labute approximate surface area is 109 Å². The number of aromatic nitrogens is 2. The predicted octanol–water partition coefficient (Wildman–Crippen LogP) is 2.16. The van der Waals surface area contributed by atoms with Gasteiger partial charge in [-0.25, -0.2) is 10.8 Å². The number of anilines is 2. The molecular formula is C11H16F3N5. The second-order valence-corrected chi connectivity index (χ2v) is 5.14. The Kier molecular flexibility index (Phi) is 3.29. The molecule has 0 aromatic carbocycles. The van der Waals surface area contributed by atoms with E-state index in [-0.39, 0.29) is 17.3 Å². The van der Waals surface area contributed by atoms with Gasteiger partial charge in [-0.15, -0.1) is 0 Å². The van der Waals surface area contributed by atoms with E-state index in [9.17, 15) is 13.2 Å². The highest BCUT2D eigenvalue weighted by Gasteiger charge is 2.37. The fraction of sp³-hybridized carbons (Fsp3) is 0.636. The Balaban J connectivity index is 2.46. The lowest BCUT2D eigenvalue weighted by molar-refractivity contribution is -0.141. The van der Waals surface area contributed by atoms with E-state index in [4.69, 9.17) is 5.84 Å². The lowest BCUT2D eigenvalue weighted by Crippen LogP contribution is -2.39. The molecule has 1 fully saturated rings. The topological polar surface area (TPSA) is 67.1 Å². The molecule has 0 spiro atoms. The second kappa shape index (κ2) is 4.52. The van der Waals surface area contributed by atoms with Gasteiger partial charge in [-0.05, 0) is 26.7 Å². The third-order valence-electron chi connectivity index (χ3n) is 3.31. The molecule has 19 heavy (non-hydrogen) atoms. The highest BCUT2D eigenvalue weighted by molar-refractivity contribution is 5.48. The Morgan fingerprint density at radius 1 is 1.37 bits per heavy atom. The van der Waals surface area contributed by atoms with Gasteiger partial charge in [0.05, 0.1) is 0 Å². The van der Waals surface area contributed by atoms with E-state index in [1.807, 2.05) is 18.7 Å². The van der Waals surface area contributed by atoms with Gasteiger partial charge in [0, 0.05) is 18.2 Å². The summed E-state index contributed by atoms with van der Waals surface area (Å²) in [4.78, 5) is 9.22. The molecule has 0 atom stereocenters. The molecule has 1 saturated heterocycles. The summed E-state index contributed by atoms with van der Waals surface area (Å²) in [6.45, 7) is 4.63. The summed E-state index contributed by atoms with van der Waals surface area (Å²) >= 11 is 0. The smallest absolute Gasteiger partial charge is 0.351 e. The normalized spacial score (nSPS) is 18.7. The molecule has 0 aliphatic carbocycles. The molecule has 0 bridgehead atoms. The maximum atomic E-state index is 12.8. The molecule has 3 N–H and O–H groups in total. The van der Waals surface area contributed by atoms with Crippen molar-refractivity contribution in [3.8, 4) is 0 Å². The first-order valence-corrected chi connectivity index (χ1v) is 5.94. The van der Waals surface area contributed by atoms with Gasteiger partial charge in [-0.2, -0.15) is 18.2 Å². The van der Waals surface area contributed by atoms with Crippen LogP contribution in [0.15, 0.2) is 6.07 Å². The van der Waals surface area contributed by atoms with E-state index >= 15 is 0 Å². The number of halogens is 3. The number of alkyl halides is 3. The Morgan fingerprint density at radius 2 is 2.05 bits per heavy atom. The molecule has 1 aromatic rings. The maximum Gasteiger partial charge on any atom is 0.433 e. The summed E-state index contributed by atoms with van der Waals surface area (Å²) in [5, 5.41) is 0. The third kappa shape index (κ3) is 2.73. The molecule has 2 heterocycles. The fourth-order valence-electron chi connectivity index (χ4n) is 2.31. The summed E-state index contributed by atoms with van der Waals surface area (Å²) in [5.41, 5.74) is 0.870. The van der Waals surface area contributed by atoms with Crippen molar-refractivity contribution in [2.75, 3.05) is 16.9 Å². The molecule has 1 aliphatic heterocycles. The molecule has 0 unspecified atom stereocenters. The minimum absolute atomic E-state index is 0.219. The minimum Gasteiger partial charge on any atom is -0.351 e. The van der Waals surface area contributed by atoms with Crippen LogP contribution in [-0.4, -0.2) is 22.1 Å². The van der Waals surface area contributed by atoms with Crippen LogP contribution in [0.2, 0.25) is 0 Å². The summed E-state index contributed by atoms with van der Waals surface area (Å²) < 4.78 is 38.4. The van der Waals surface area contributed by atoms with Crippen LogP contribution in [-0.2, 0) is 6.18 Å². The molecule has 0 radical (unpaired) electrons. The van der Waals surface area contributed by atoms with Gasteiger partial charge in [-0.3, -0.25) is 5.43 Å². The number of nitrogen functional groups attached to an aromatic ring is 1. The van der Waals surface area contributed by atoms with Crippen LogP contribution >= 0.6 is 0 Å². The van der Waals surface area contributed by atoms with Gasteiger partial charge in [0.2, 0.25) is 5.95 Å². The zero-order chi connectivity index (χ0) is 14.3. The number of nitrogens with two attached hydrogens (primary N) is 1. The molecule has 5 nitrogen and oxygen atoms in total. The summed E-state index contributed by atoms with van der Waals surface area (Å²) in [6, 6.07) is 0.966. The first-order valence-electron chi connectivity index (χ1n) is 5.94. The van der Waals surface area contributed by atoms with Crippen molar-refractivity contribution in [2.45, 2.75) is 38.4 Å². The van der Waals surface area contributed by atoms with Crippen molar-refractivity contribution >= 4 is 11.8 Å². The molecule has 106 valence electrons. The Bertz CT molecular complexity index is 472.